The van der Waals surface area contributed by atoms with Crippen LogP contribution < -0.4 is 4.74 Å². The minimum atomic E-state index is -0.317. The third kappa shape index (κ3) is 4.20. The summed E-state index contributed by atoms with van der Waals surface area (Å²) in [6, 6.07) is 12.1. The van der Waals surface area contributed by atoms with E-state index in [1.54, 1.807) is 39.3 Å². The molecule has 0 fully saturated rings. The fourth-order valence-electron chi connectivity index (χ4n) is 1.97. The molecule has 0 aliphatic heterocycles. The zero-order chi connectivity index (χ0) is 15.1. The molecule has 5 heteroatoms. The summed E-state index contributed by atoms with van der Waals surface area (Å²) >= 11 is 1.74. The fraction of sp³-hybridized carbons (Fsp3) is 0.312. The molecular weight excluding hydrogens is 286 g/mol. The smallest absolute Gasteiger partial charge is 0.217 e. The topological polar surface area (TPSA) is 40.6 Å². The van der Waals surface area contributed by atoms with Crippen LogP contribution in [0.5, 0.6) is 5.88 Å². The molecule has 4 nitrogen and oxygen atoms in total. The second-order valence-electron chi connectivity index (χ2n) is 4.33. The maximum Gasteiger partial charge on any atom is 0.217 e. The van der Waals surface area contributed by atoms with Crippen molar-refractivity contribution in [2.75, 3.05) is 21.3 Å². The van der Waals surface area contributed by atoms with Gasteiger partial charge in [-0.3, -0.25) is 0 Å². The van der Waals surface area contributed by atoms with Crippen molar-refractivity contribution < 1.29 is 14.2 Å². The van der Waals surface area contributed by atoms with E-state index in [1.165, 1.54) is 4.90 Å². The number of nitrogens with zero attached hydrogens (tertiary/aromatic N) is 1. The van der Waals surface area contributed by atoms with Gasteiger partial charge in [-0.25, -0.2) is 4.98 Å². The van der Waals surface area contributed by atoms with Crippen molar-refractivity contribution >= 4 is 11.8 Å². The number of rotatable bonds is 7. The number of ether oxygens (including phenoxy) is 3. The summed E-state index contributed by atoms with van der Waals surface area (Å²) in [4.78, 5) is 5.38. The van der Waals surface area contributed by atoms with Crippen molar-refractivity contribution in [3.63, 3.8) is 0 Å². The monoisotopic (exact) mass is 305 g/mol. The quantitative estimate of drug-likeness (QED) is 0.576. The molecule has 0 radical (unpaired) electrons. The molecule has 0 unspecified atom stereocenters. The second kappa shape index (κ2) is 8.02. The van der Waals surface area contributed by atoms with Crippen LogP contribution in [0.15, 0.2) is 47.5 Å². The van der Waals surface area contributed by atoms with Gasteiger partial charge in [-0.15, -0.1) is 11.8 Å². The van der Waals surface area contributed by atoms with Gasteiger partial charge in [0.2, 0.25) is 5.88 Å². The van der Waals surface area contributed by atoms with Gasteiger partial charge in [0.05, 0.1) is 7.11 Å². The normalized spacial score (nSPS) is 10.9. The summed E-state index contributed by atoms with van der Waals surface area (Å²) in [5.41, 5.74) is 2.09. The maximum atomic E-state index is 5.26. The lowest BCUT2D eigenvalue weighted by molar-refractivity contribution is -0.106. The Kier molecular flexibility index (Phi) is 6.04. The SMILES string of the molecule is COc1ncccc1CSc1ccc(C(OC)OC)cc1. The Morgan fingerprint density at radius 1 is 1.05 bits per heavy atom. The molecule has 1 aromatic heterocycles. The Bertz CT molecular complexity index is 556. The molecule has 0 atom stereocenters. The molecule has 0 saturated heterocycles. The number of aromatic nitrogens is 1. The van der Waals surface area contributed by atoms with Crippen molar-refractivity contribution in [3.05, 3.63) is 53.7 Å². The predicted octanol–water partition coefficient (Wildman–Crippen LogP) is 3.67. The summed E-state index contributed by atoms with van der Waals surface area (Å²) in [7, 11) is 4.90. The average molecular weight is 305 g/mol. The van der Waals surface area contributed by atoms with E-state index in [2.05, 4.69) is 17.1 Å². The molecule has 2 aromatic rings. The number of benzene rings is 1. The molecule has 0 aliphatic carbocycles. The van der Waals surface area contributed by atoms with E-state index < -0.39 is 0 Å². The van der Waals surface area contributed by atoms with Crippen LogP contribution in [0.3, 0.4) is 0 Å². The van der Waals surface area contributed by atoms with Gasteiger partial charge in [-0.2, -0.15) is 0 Å². The van der Waals surface area contributed by atoms with E-state index in [0.29, 0.717) is 5.88 Å². The molecule has 2 rings (SSSR count). The van der Waals surface area contributed by atoms with Gasteiger partial charge < -0.3 is 14.2 Å². The Morgan fingerprint density at radius 3 is 2.38 bits per heavy atom. The summed E-state index contributed by atoms with van der Waals surface area (Å²) in [5.74, 6) is 1.49. The number of pyridine rings is 1. The predicted molar refractivity (Wildman–Crippen MR) is 83.6 cm³/mol. The van der Waals surface area contributed by atoms with E-state index in [0.717, 1.165) is 16.9 Å². The number of hydrogen-bond acceptors (Lipinski definition) is 5. The fourth-order valence-corrected chi connectivity index (χ4v) is 2.84. The highest BCUT2D eigenvalue weighted by atomic mass is 32.2. The highest BCUT2D eigenvalue weighted by Crippen LogP contribution is 2.28. The molecule has 112 valence electrons. The molecule has 0 bridgehead atoms. The van der Waals surface area contributed by atoms with Crippen LogP contribution in [-0.4, -0.2) is 26.3 Å². The third-order valence-electron chi connectivity index (χ3n) is 3.02. The second-order valence-corrected chi connectivity index (χ2v) is 5.38. The largest absolute Gasteiger partial charge is 0.481 e. The Morgan fingerprint density at radius 2 is 1.76 bits per heavy atom. The van der Waals surface area contributed by atoms with E-state index in [1.807, 2.05) is 24.3 Å². The Balaban J connectivity index is 2.00. The molecule has 0 spiro atoms. The average Bonchev–Trinajstić information content (AvgIpc) is 2.55. The van der Waals surface area contributed by atoms with Gasteiger partial charge in [0.25, 0.3) is 0 Å². The van der Waals surface area contributed by atoms with Crippen LogP contribution in [-0.2, 0) is 15.2 Å². The van der Waals surface area contributed by atoms with Crippen molar-refractivity contribution in [2.24, 2.45) is 0 Å². The van der Waals surface area contributed by atoms with Gasteiger partial charge in [0, 0.05) is 42.2 Å². The maximum absolute atomic E-state index is 5.26. The molecular formula is C16H19NO3S. The van der Waals surface area contributed by atoms with E-state index in [-0.39, 0.29) is 6.29 Å². The molecule has 1 heterocycles. The molecule has 0 saturated carbocycles. The molecule has 0 N–H and O–H groups in total. The first-order valence-corrected chi connectivity index (χ1v) is 7.53. The summed E-state index contributed by atoms with van der Waals surface area (Å²) in [6.45, 7) is 0. The van der Waals surface area contributed by atoms with Crippen LogP contribution in [0.4, 0.5) is 0 Å². The van der Waals surface area contributed by atoms with Gasteiger partial charge in [0.15, 0.2) is 6.29 Å². The first kappa shape index (κ1) is 15.8. The van der Waals surface area contributed by atoms with E-state index >= 15 is 0 Å². The van der Waals surface area contributed by atoms with Crippen LogP contribution in [0.25, 0.3) is 0 Å². The number of thioether (sulfide) groups is 1. The van der Waals surface area contributed by atoms with Crippen LogP contribution in [0.1, 0.15) is 17.4 Å². The van der Waals surface area contributed by atoms with Crippen molar-refractivity contribution in [1.82, 2.24) is 4.98 Å². The number of methoxy groups -OCH3 is 3. The molecule has 0 amide bonds. The zero-order valence-corrected chi connectivity index (χ0v) is 13.2. The highest BCUT2D eigenvalue weighted by molar-refractivity contribution is 7.98. The lowest BCUT2D eigenvalue weighted by atomic mass is 10.2. The Labute approximate surface area is 129 Å². The summed E-state index contributed by atoms with van der Waals surface area (Å²) < 4.78 is 15.7. The Hall–Kier alpha value is -1.56. The molecule has 1 aromatic carbocycles. The summed E-state index contributed by atoms with van der Waals surface area (Å²) in [5, 5.41) is 0. The molecule has 21 heavy (non-hydrogen) atoms. The van der Waals surface area contributed by atoms with Crippen molar-refractivity contribution in [1.29, 1.82) is 0 Å². The summed E-state index contributed by atoms with van der Waals surface area (Å²) in [6.07, 6.45) is 1.42. The first-order chi connectivity index (χ1) is 10.3. The first-order valence-electron chi connectivity index (χ1n) is 6.54. The van der Waals surface area contributed by atoms with Crippen LogP contribution in [0.2, 0.25) is 0 Å². The standard InChI is InChI=1S/C16H19NO3S/c1-18-15-13(5-4-10-17-15)11-21-14-8-6-12(7-9-14)16(19-2)20-3/h4-10,16H,11H2,1-3H3. The lowest BCUT2D eigenvalue weighted by Crippen LogP contribution is -2.02. The van der Waals surface area contributed by atoms with Gasteiger partial charge >= 0.3 is 0 Å². The van der Waals surface area contributed by atoms with Gasteiger partial charge in [-0.05, 0) is 18.2 Å². The minimum Gasteiger partial charge on any atom is -0.481 e. The molecule has 0 aliphatic rings. The zero-order valence-electron chi connectivity index (χ0n) is 12.4. The highest BCUT2D eigenvalue weighted by Gasteiger charge is 2.09. The van der Waals surface area contributed by atoms with Crippen molar-refractivity contribution in [2.45, 2.75) is 16.9 Å². The van der Waals surface area contributed by atoms with Crippen molar-refractivity contribution in [3.8, 4) is 5.88 Å². The van der Waals surface area contributed by atoms with Gasteiger partial charge in [0.1, 0.15) is 0 Å². The lowest BCUT2D eigenvalue weighted by Gasteiger charge is -2.14. The minimum absolute atomic E-state index is 0.317. The third-order valence-corrected chi connectivity index (χ3v) is 4.08. The van der Waals surface area contributed by atoms with E-state index in [9.17, 15) is 0 Å². The van der Waals surface area contributed by atoms with E-state index in [4.69, 9.17) is 14.2 Å². The number of hydrogen-bond donors (Lipinski definition) is 0. The van der Waals surface area contributed by atoms with Crippen LogP contribution >= 0.6 is 11.8 Å². The van der Waals surface area contributed by atoms with Gasteiger partial charge in [-0.1, -0.05) is 18.2 Å². The van der Waals surface area contributed by atoms with Crippen LogP contribution in [0, 0.1) is 0 Å².